The quantitative estimate of drug-likeness (QED) is 0.905. The fraction of sp³-hybridized carbons (Fsp3) is 0.294. The van der Waals surface area contributed by atoms with Crippen LogP contribution in [0.4, 0.5) is 8.78 Å². The summed E-state index contributed by atoms with van der Waals surface area (Å²) in [6.07, 6.45) is 0.453. The van der Waals surface area contributed by atoms with Gasteiger partial charge in [-0.3, -0.25) is 0 Å². The highest BCUT2D eigenvalue weighted by Crippen LogP contribution is 2.25. The van der Waals surface area contributed by atoms with Crippen LogP contribution in [0.25, 0.3) is 0 Å². The Morgan fingerprint density at radius 1 is 1.14 bits per heavy atom. The lowest BCUT2D eigenvalue weighted by Gasteiger charge is -2.18. The van der Waals surface area contributed by atoms with E-state index >= 15 is 0 Å². The van der Waals surface area contributed by atoms with E-state index in [0.29, 0.717) is 12.0 Å². The highest BCUT2D eigenvalue weighted by molar-refractivity contribution is 5.38. The molecule has 0 aliphatic rings. The maximum Gasteiger partial charge on any atom is 0.129 e. The first-order valence-electron chi connectivity index (χ1n) is 6.81. The summed E-state index contributed by atoms with van der Waals surface area (Å²) in [7, 11) is 3.46. The predicted molar refractivity (Wildman–Crippen MR) is 79.6 cm³/mol. The van der Waals surface area contributed by atoms with Crippen LogP contribution in [0.3, 0.4) is 0 Å². The lowest BCUT2D eigenvalue weighted by atomic mass is 9.97. The van der Waals surface area contributed by atoms with Crippen molar-refractivity contribution in [1.82, 2.24) is 5.32 Å². The number of hydrogen-bond donors (Lipinski definition) is 1. The van der Waals surface area contributed by atoms with E-state index in [9.17, 15) is 8.78 Å². The zero-order valence-electron chi connectivity index (χ0n) is 12.4. The third-order valence-corrected chi connectivity index (χ3v) is 3.61. The highest BCUT2D eigenvalue weighted by Gasteiger charge is 2.14. The second kappa shape index (κ2) is 6.68. The van der Waals surface area contributed by atoms with E-state index in [-0.39, 0.29) is 6.04 Å². The Morgan fingerprint density at radius 2 is 1.90 bits per heavy atom. The Hall–Kier alpha value is -1.94. The van der Waals surface area contributed by atoms with Gasteiger partial charge in [0, 0.05) is 12.1 Å². The summed E-state index contributed by atoms with van der Waals surface area (Å²) in [5, 5.41) is 3.17. The first kappa shape index (κ1) is 15.4. The van der Waals surface area contributed by atoms with Gasteiger partial charge < -0.3 is 10.1 Å². The fourth-order valence-corrected chi connectivity index (χ4v) is 2.41. The zero-order chi connectivity index (χ0) is 15.4. The van der Waals surface area contributed by atoms with E-state index < -0.39 is 11.6 Å². The van der Waals surface area contributed by atoms with Gasteiger partial charge in [-0.1, -0.05) is 18.2 Å². The standard InChI is InChI=1S/C17H19F2NO/c1-11-8-13(5-7-17(11)21-3)16(20-2)9-12-4-6-14(18)10-15(12)19/h4-8,10,16,20H,9H2,1-3H3. The minimum absolute atomic E-state index is 0.0467. The Kier molecular flexibility index (Phi) is 4.91. The molecule has 0 aliphatic heterocycles. The monoisotopic (exact) mass is 291 g/mol. The van der Waals surface area contributed by atoms with Gasteiger partial charge in [0.2, 0.25) is 0 Å². The number of ether oxygens (including phenoxy) is 1. The molecule has 0 amide bonds. The molecule has 21 heavy (non-hydrogen) atoms. The van der Waals surface area contributed by atoms with Gasteiger partial charge in [-0.15, -0.1) is 0 Å². The topological polar surface area (TPSA) is 21.3 Å². The number of aryl methyl sites for hydroxylation is 1. The van der Waals surface area contributed by atoms with E-state index in [4.69, 9.17) is 4.74 Å². The average molecular weight is 291 g/mol. The summed E-state index contributed by atoms with van der Waals surface area (Å²) in [4.78, 5) is 0. The summed E-state index contributed by atoms with van der Waals surface area (Å²) in [5.41, 5.74) is 2.55. The predicted octanol–water partition coefficient (Wildman–Crippen LogP) is 3.79. The molecule has 2 aromatic rings. The number of halogens is 2. The lowest BCUT2D eigenvalue weighted by Crippen LogP contribution is -2.19. The van der Waals surface area contributed by atoms with Crippen molar-refractivity contribution >= 4 is 0 Å². The summed E-state index contributed by atoms with van der Waals surface area (Å²) in [6, 6.07) is 9.51. The number of nitrogens with one attached hydrogen (secondary N) is 1. The van der Waals surface area contributed by atoms with Crippen LogP contribution in [0.1, 0.15) is 22.7 Å². The first-order valence-corrected chi connectivity index (χ1v) is 6.81. The molecular weight excluding hydrogens is 272 g/mol. The molecule has 0 aromatic heterocycles. The van der Waals surface area contributed by atoms with Crippen LogP contribution in [0, 0.1) is 18.6 Å². The van der Waals surface area contributed by atoms with Gasteiger partial charge in [0.15, 0.2) is 0 Å². The molecule has 4 heteroatoms. The minimum atomic E-state index is -0.558. The number of methoxy groups -OCH3 is 1. The van der Waals surface area contributed by atoms with Crippen molar-refractivity contribution in [3.05, 3.63) is 64.7 Å². The van der Waals surface area contributed by atoms with E-state index in [2.05, 4.69) is 5.32 Å². The molecule has 0 bridgehead atoms. The Balaban J connectivity index is 2.25. The molecule has 0 radical (unpaired) electrons. The Morgan fingerprint density at radius 3 is 2.48 bits per heavy atom. The van der Waals surface area contributed by atoms with E-state index in [1.165, 1.54) is 12.1 Å². The maximum absolute atomic E-state index is 13.8. The summed E-state index contributed by atoms with van der Waals surface area (Å²) < 4.78 is 32.0. The Bertz CT molecular complexity index is 628. The molecule has 2 rings (SSSR count). The van der Waals surface area contributed by atoms with Gasteiger partial charge in [0.25, 0.3) is 0 Å². The molecule has 0 fully saturated rings. The third-order valence-electron chi connectivity index (χ3n) is 3.61. The van der Waals surface area contributed by atoms with Crippen LogP contribution in [0.5, 0.6) is 5.75 Å². The normalized spacial score (nSPS) is 12.2. The smallest absolute Gasteiger partial charge is 0.129 e. The largest absolute Gasteiger partial charge is 0.496 e. The molecule has 2 nitrogen and oxygen atoms in total. The third kappa shape index (κ3) is 3.58. The molecule has 2 aromatic carbocycles. The molecule has 1 unspecified atom stereocenters. The van der Waals surface area contributed by atoms with E-state index in [1.54, 1.807) is 7.11 Å². The van der Waals surface area contributed by atoms with Gasteiger partial charge in [-0.05, 0) is 49.2 Å². The summed E-state index contributed by atoms with van der Waals surface area (Å²) in [5.74, 6) is -0.250. The van der Waals surface area contributed by atoms with E-state index in [1.807, 2.05) is 32.2 Å². The molecular formula is C17H19F2NO. The zero-order valence-corrected chi connectivity index (χ0v) is 12.4. The highest BCUT2D eigenvalue weighted by atomic mass is 19.1. The van der Waals surface area contributed by atoms with Crippen molar-refractivity contribution in [2.75, 3.05) is 14.2 Å². The summed E-state index contributed by atoms with van der Waals surface area (Å²) in [6.45, 7) is 1.97. The van der Waals surface area contributed by atoms with Crippen LogP contribution in [-0.4, -0.2) is 14.2 Å². The second-order valence-corrected chi connectivity index (χ2v) is 5.01. The van der Waals surface area contributed by atoms with Crippen molar-refractivity contribution < 1.29 is 13.5 Å². The lowest BCUT2D eigenvalue weighted by molar-refractivity contribution is 0.411. The molecule has 112 valence electrons. The average Bonchev–Trinajstić information content (AvgIpc) is 2.46. The molecule has 0 heterocycles. The van der Waals surface area contributed by atoms with Crippen molar-refractivity contribution in [2.45, 2.75) is 19.4 Å². The fourth-order valence-electron chi connectivity index (χ4n) is 2.41. The van der Waals surface area contributed by atoms with E-state index in [0.717, 1.165) is 22.9 Å². The number of hydrogen-bond acceptors (Lipinski definition) is 2. The van der Waals surface area contributed by atoms with Crippen molar-refractivity contribution in [1.29, 1.82) is 0 Å². The van der Waals surface area contributed by atoms with Gasteiger partial charge in [-0.25, -0.2) is 8.78 Å². The second-order valence-electron chi connectivity index (χ2n) is 5.01. The number of rotatable bonds is 5. The van der Waals surface area contributed by atoms with Gasteiger partial charge >= 0.3 is 0 Å². The number of benzene rings is 2. The van der Waals surface area contributed by atoms with Crippen LogP contribution < -0.4 is 10.1 Å². The van der Waals surface area contributed by atoms with Crippen LogP contribution >= 0.6 is 0 Å². The molecule has 1 atom stereocenters. The Labute approximate surface area is 123 Å². The molecule has 1 N–H and O–H groups in total. The van der Waals surface area contributed by atoms with Crippen LogP contribution in [-0.2, 0) is 6.42 Å². The number of likely N-dealkylation sites (N-methyl/N-ethyl adjacent to an activating group) is 1. The van der Waals surface area contributed by atoms with Gasteiger partial charge in [-0.2, -0.15) is 0 Å². The van der Waals surface area contributed by atoms with Crippen LogP contribution in [0.15, 0.2) is 36.4 Å². The first-order chi connectivity index (χ1) is 10.0. The molecule has 0 spiro atoms. The minimum Gasteiger partial charge on any atom is -0.496 e. The van der Waals surface area contributed by atoms with Gasteiger partial charge in [0.05, 0.1) is 7.11 Å². The van der Waals surface area contributed by atoms with Crippen molar-refractivity contribution in [2.24, 2.45) is 0 Å². The maximum atomic E-state index is 13.8. The molecule has 0 aliphatic carbocycles. The van der Waals surface area contributed by atoms with Crippen LogP contribution in [0.2, 0.25) is 0 Å². The SMILES string of the molecule is CNC(Cc1ccc(F)cc1F)c1ccc(OC)c(C)c1. The van der Waals surface area contributed by atoms with Gasteiger partial charge in [0.1, 0.15) is 17.4 Å². The molecule has 0 saturated carbocycles. The van der Waals surface area contributed by atoms with Crippen molar-refractivity contribution in [3.8, 4) is 5.75 Å². The molecule has 0 saturated heterocycles. The summed E-state index contributed by atoms with van der Waals surface area (Å²) >= 11 is 0. The van der Waals surface area contributed by atoms with Crippen molar-refractivity contribution in [3.63, 3.8) is 0 Å².